The first kappa shape index (κ1) is 14.3. The zero-order chi connectivity index (χ0) is 15.9. The Morgan fingerprint density at radius 2 is 2.17 bits per heavy atom. The largest absolute Gasteiger partial charge is 0.306 e. The van der Waals surface area contributed by atoms with Crippen LogP contribution in [0.25, 0.3) is 11.4 Å². The lowest BCUT2D eigenvalue weighted by atomic mass is 9.93. The molecule has 0 aliphatic carbocycles. The molecule has 2 atom stereocenters. The van der Waals surface area contributed by atoms with Crippen LogP contribution in [-0.2, 0) is 13.0 Å². The van der Waals surface area contributed by atoms with E-state index in [1.807, 2.05) is 23.6 Å². The first-order chi connectivity index (χ1) is 11.9. The summed E-state index contributed by atoms with van der Waals surface area (Å²) in [6, 6.07) is 8.90. The molecule has 3 aromatic heterocycles. The van der Waals surface area contributed by atoms with Crippen LogP contribution in [0.15, 0.2) is 42.0 Å². The summed E-state index contributed by atoms with van der Waals surface area (Å²) >= 11 is 1.85. The Balaban J connectivity index is 1.46. The second kappa shape index (κ2) is 5.79. The van der Waals surface area contributed by atoms with Gasteiger partial charge in [0.2, 0.25) is 0 Å². The van der Waals surface area contributed by atoms with E-state index in [1.54, 1.807) is 6.20 Å². The molecule has 5 nitrogen and oxygen atoms in total. The lowest BCUT2D eigenvalue weighted by molar-refractivity contribution is 0.316. The summed E-state index contributed by atoms with van der Waals surface area (Å²) in [6.45, 7) is 3.32. The average Bonchev–Trinajstić information content (AvgIpc) is 3.34. The summed E-state index contributed by atoms with van der Waals surface area (Å²) in [5.41, 5.74) is 1.06. The zero-order valence-corrected chi connectivity index (χ0v) is 14.2. The number of fused-ring (bicyclic) bond motifs is 3. The molecule has 2 aliphatic heterocycles. The maximum absolute atomic E-state index is 4.49. The maximum Gasteiger partial charge on any atom is 0.165 e. The molecule has 122 valence electrons. The van der Waals surface area contributed by atoms with Crippen molar-refractivity contribution in [1.29, 1.82) is 0 Å². The summed E-state index contributed by atoms with van der Waals surface area (Å²) in [6.07, 6.45) is 5.94. The third kappa shape index (κ3) is 2.37. The van der Waals surface area contributed by atoms with Crippen molar-refractivity contribution >= 4 is 11.3 Å². The van der Waals surface area contributed by atoms with Crippen molar-refractivity contribution in [2.24, 2.45) is 5.92 Å². The predicted molar refractivity (Wildman–Crippen MR) is 93.7 cm³/mol. The molecule has 2 aliphatic rings. The molecular formula is C18H19N5S. The smallest absolute Gasteiger partial charge is 0.165 e. The van der Waals surface area contributed by atoms with Gasteiger partial charge in [-0.15, -0.1) is 21.5 Å². The molecule has 6 heteroatoms. The van der Waals surface area contributed by atoms with Crippen LogP contribution in [0.5, 0.6) is 0 Å². The first-order valence-corrected chi connectivity index (χ1v) is 9.35. The van der Waals surface area contributed by atoms with Crippen LogP contribution in [-0.4, -0.2) is 37.7 Å². The Bertz CT molecular complexity index is 826. The van der Waals surface area contributed by atoms with Crippen molar-refractivity contribution in [3.05, 3.63) is 52.7 Å². The molecule has 1 fully saturated rings. The van der Waals surface area contributed by atoms with Crippen molar-refractivity contribution < 1.29 is 0 Å². The summed E-state index contributed by atoms with van der Waals surface area (Å²) < 4.78 is 2.39. The minimum Gasteiger partial charge on any atom is -0.306 e. The summed E-state index contributed by atoms with van der Waals surface area (Å²) in [4.78, 5) is 8.29. The minimum atomic E-state index is 0.485. The van der Waals surface area contributed by atoms with Crippen molar-refractivity contribution in [3.63, 3.8) is 0 Å². The first-order valence-electron chi connectivity index (χ1n) is 8.47. The van der Waals surface area contributed by atoms with Crippen molar-refractivity contribution in [3.8, 4) is 11.4 Å². The zero-order valence-electron chi connectivity index (χ0n) is 13.4. The van der Waals surface area contributed by atoms with Gasteiger partial charge in [0.05, 0.1) is 6.04 Å². The molecule has 0 saturated carbocycles. The molecule has 5 heterocycles. The van der Waals surface area contributed by atoms with Crippen LogP contribution in [0.1, 0.15) is 23.2 Å². The lowest BCUT2D eigenvalue weighted by Gasteiger charge is -2.27. The van der Waals surface area contributed by atoms with E-state index >= 15 is 0 Å². The molecular weight excluding hydrogens is 318 g/mol. The van der Waals surface area contributed by atoms with E-state index in [0.29, 0.717) is 12.0 Å². The predicted octanol–water partition coefficient (Wildman–Crippen LogP) is 3.02. The molecule has 0 amide bonds. The fourth-order valence-corrected chi connectivity index (χ4v) is 4.86. The molecule has 0 bridgehead atoms. The molecule has 0 N–H and O–H groups in total. The molecule has 0 spiro atoms. The maximum atomic E-state index is 4.49. The Hall–Kier alpha value is -2.05. The topological polar surface area (TPSA) is 46.8 Å². The highest BCUT2D eigenvalue weighted by Gasteiger charge is 2.39. The van der Waals surface area contributed by atoms with Crippen LogP contribution < -0.4 is 0 Å². The van der Waals surface area contributed by atoms with E-state index in [-0.39, 0.29) is 0 Å². The Kier molecular flexibility index (Phi) is 3.45. The second-order valence-corrected chi connectivity index (χ2v) is 7.72. The lowest BCUT2D eigenvalue weighted by Crippen LogP contribution is -2.26. The van der Waals surface area contributed by atoms with E-state index in [1.165, 1.54) is 17.8 Å². The average molecular weight is 337 g/mol. The molecule has 5 rings (SSSR count). The number of aromatic nitrogens is 4. The number of hydrogen-bond donors (Lipinski definition) is 0. The van der Waals surface area contributed by atoms with Gasteiger partial charge in [-0.1, -0.05) is 6.07 Å². The number of thiophene rings is 1. The van der Waals surface area contributed by atoms with E-state index in [9.17, 15) is 0 Å². The molecule has 24 heavy (non-hydrogen) atoms. The molecule has 3 aromatic rings. The molecule has 0 unspecified atom stereocenters. The van der Waals surface area contributed by atoms with Gasteiger partial charge in [-0.2, -0.15) is 0 Å². The quantitative estimate of drug-likeness (QED) is 0.737. The van der Waals surface area contributed by atoms with Gasteiger partial charge in [0.25, 0.3) is 0 Å². The standard InChI is InChI=1S/C18H19N5S/c1-3-13(9-19-7-1)18-21-20-17-6-5-14-10-22(12-16(14)23(17)18)11-15-4-2-8-24-15/h1-4,7-9,14,16H,5-6,10-12H2/t14-,16+/m1/s1. The van der Waals surface area contributed by atoms with Gasteiger partial charge in [0.15, 0.2) is 5.82 Å². The molecule has 0 radical (unpaired) electrons. The van der Waals surface area contributed by atoms with Crippen molar-refractivity contribution in [2.45, 2.75) is 25.4 Å². The van der Waals surface area contributed by atoms with Gasteiger partial charge in [-0.05, 0) is 35.9 Å². The number of aryl methyl sites for hydroxylation is 1. The fraction of sp³-hybridized carbons (Fsp3) is 0.389. The highest BCUT2D eigenvalue weighted by atomic mass is 32.1. The highest BCUT2D eigenvalue weighted by Crippen LogP contribution is 2.39. The number of pyridine rings is 1. The van der Waals surface area contributed by atoms with Gasteiger partial charge in [-0.3, -0.25) is 9.88 Å². The monoisotopic (exact) mass is 337 g/mol. The Morgan fingerprint density at radius 3 is 3.00 bits per heavy atom. The summed E-state index contributed by atoms with van der Waals surface area (Å²) in [5, 5.41) is 11.1. The van der Waals surface area contributed by atoms with Gasteiger partial charge >= 0.3 is 0 Å². The normalized spacial score (nSPS) is 23.2. The van der Waals surface area contributed by atoms with Crippen LogP contribution in [0.2, 0.25) is 0 Å². The minimum absolute atomic E-state index is 0.485. The van der Waals surface area contributed by atoms with Crippen molar-refractivity contribution in [1.82, 2.24) is 24.6 Å². The van der Waals surface area contributed by atoms with Crippen LogP contribution in [0.3, 0.4) is 0 Å². The number of hydrogen-bond acceptors (Lipinski definition) is 5. The third-order valence-electron chi connectivity index (χ3n) is 5.20. The fourth-order valence-electron chi connectivity index (χ4n) is 4.12. The van der Waals surface area contributed by atoms with Gasteiger partial charge in [0, 0.05) is 48.9 Å². The Morgan fingerprint density at radius 1 is 1.17 bits per heavy atom. The van der Waals surface area contributed by atoms with E-state index in [0.717, 1.165) is 36.7 Å². The summed E-state index contributed by atoms with van der Waals surface area (Å²) in [5.74, 6) is 2.81. The van der Waals surface area contributed by atoms with Gasteiger partial charge < -0.3 is 4.57 Å². The second-order valence-electron chi connectivity index (χ2n) is 6.69. The van der Waals surface area contributed by atoms with Crippen molar-refractivity contribution in [2.75, 3.05) is 13.1 Å². The Labute approximate surface area is 145 Å². The number of rotatable bonds is 3. The van der Waals surface area contributed by atoms with Crippen LogP contribution in [0, 0.1) is 5.92 Å². The third-order valence-corrected chi connectivity index (χ3v) is 6.06. The van der Waals surface area contributed by atoms with Crippen LogP contribution >= 0.6 is 11.3 Å². The molecule has 0 aromatic carbocycles. The summed E-state index contributed by atoms with van der Waals surface area (Å²) in [7, 11) is 0. The van der Waals surface area contributed by atoms with Gasteiger partial charge in [0.1, 0.15) is 5.82 Å². The van der Waals surface area contributed by atoms with E-state index in [2.05, 4.69) is 48.2 Å². The van der Waals surface area contributed by atoms with E-state index in [4.69, 9.17) is 0 Å². The van der Waals surface area contributed by atoms with Crippen LogP contribution in [0.4, 0.5) is 0 Å². The highest BCUT2D eigenvalue weighted by molar-refractivity contribution is 7.09. The number of likely N-dealkylation sites (tertiary alicyclic amines) is 1. The molecule has 1 saturated heterocycles. The number of nitrogens with zero attached hydrogens (tertiary/aromatic N) is 5. The van der Waals surface area contributed by atoms with Gasteiger partial charge in [-0.25, -0.2) is 0 Å². The SMILES string of the molecule is c1cncc(-c2nnc3n2[C@H]2CN(Cc4cccs4)C[C@H]2CC3)c1. The van der Waals surface area contributed by atoms with E-state index < -0.39 is 0 Å².